The zero-order chi connectivity index (χ0) is 13.8. The Labute approximate surface area is 118 Å². The second-order valence-corrected chi connectivity index (χ2v) is 5.67. The molecular formula is C14H21N3OS. The van der Waals surface area contributed by atoms with Gasteiger partial charge in [0.15, 0.2) is 5.75 Å². The molecule has 104 valence electrons. The number of rotatable bonds is 6. The average Bonchev–Trinajstić information content (AvgIpc) is 3.01. The summed E-state index contributed by atoms with van der Waals surface area (Å²) >= 11 is 1.81. The molecule has 0 saturated heterocycles. The zero-order valence-electron chi connectivity index (χ0n) is 11.9. The van der Waals surface area contributed by atoms with E-state index in [1.807, 2.05) is 16.0 Å². The number of aryl methyl sites for hydroxylation is 2. The van der Waals surface area contributed by atoms with Crippen LogP contribution in [0, 0.1) is 6.92 Å². The fraction of sp³-hybridized carbons (Fsp3) is 0.500. The molecule has 0 amide bonds. The van der Waals surface area contributed by atoms with Crippen molar-refractivity contribution in [1.82, 2.24) is 15.1 Å². The molecule has 0 spiro atoms. The number of hydrogen-bond donors (Lipinski definition) is 1. The number of nitrogens with zero attached hydrogens (tertiary/aromatic N) is 2. The Morgan fingerprint density at radius 1 is 1.42 bits per heavy atom. The topological polar surface area (TPSA) is 39.1 Å². The number of thiophene rings is 1. The van der Waals surface area contributed by atoms with Gasteiger partial charge in [-0.2, -0.15) is 5.10 Å². The van der Waals surface area contributed by atoms with E-state index in [0.29, 0.717) is 0 Å². The van der Waals surface area contributed by atoms with Crippen LogP contribution >= 0.6 is 11.3 Å². The second-order valence-electron chi connectivity index (χ2n) is 4.35. The molecule has 0 aliphatic heterocycles. The van der Waals surface area contributed by atoms with Gasteiger partial charge in [0.2, 0.25) is 0 Å². The lowest BCUT2D eigenvalue weighted by Gasteiger charge is -2.19. The van der Waals surface area contributed by atoms with Crippen molar-refractivity contribution in [2.45, 2.75) is 33.4 Å². The molecule has 1 atom stereocenters. The van der Waals surface area contributed by atoms with Crippen molar-refractivity contribution in [3.63, 3.8) is 0 Å². The highest BCUT2D eigenvalue weighted by Gasteiger charge is 2.23. The highest BCUT2D eigenvalue weighted by molar-refractivity contribution is 7.12. The van der Waals surface area contributed by atoms with Gasteiger partial charge in [-0.1, -0.05) is 6.92 Å². The number of ether oxygens (including phenoxy) is 1. The van der Waals surface area contributed by atoms with E-state index in [0.717, 1.165) is 24.5 Å². The van der Waals surface area contributed by atoms with Gasteiger partial charge in [-0.15, -0.1) is 11.3 Å². The minimum absolute atomic E-state index is 0.140. The SMILES string of the molecule is CCNC(c1ccc(C)s1)c1c(OC)cnn1CC. The van der Waals surface area contributed by atoms with Crippen LogP contribution in [0.3, 0.4) is 0 Å². The van der Waals surface area contributed by atoms with Crippen LogP contribution in [0.2, 0.25) is 0 Å². The van der Waals surface area contributed by atoms with Gasteiger partial charge in [0.1, 0.15) is 5.69 Å². The largest absolute Gasteiger partial charge is 0.493 e. The lowest BCUT2D eigenvalue weighted by molar-refractivity contribution is 0.400. The lowest BCUT2D eigenvalue weighted by Crippen LogP contribution is -2.24. The highest BCUT2D eigenvalue weighted by Crippen LogP contribution is 2.33. The van der Waals surface area contributed by atoms with Crippen LogP contribution in [0.15, 0.2) is 18.3 Å². The first-order valence-corrected chi connectivity index (χ1v) is 7.42. The number of aromatic nitrogens is 2. The first-order valence-electron chi connectivity index (χ1n) is 6.60. The molecule has 1 unspecified atom stereocenters. The molecule has 2 aromatic rings. The Morgan fingerprint density at radius 2 is 2.21 bits per heavy atom. The molecule has 2 aromatic heterocycles. The molecular weight excluding hydrogens is 258 g/mol. The Bertz CT molecular complexity index is 511. The van der Waals surface area contributed by atoms with E-state index in [2.05, 4.69) is 43.3 Å². The second kappa shape index (κ2) is 6.21. The molecule has 0 bridgehead atoms. The van der Waals surface area contributed by atoms with Gasteiger partial charge in [-0.25, -0.2) is 0 Å². The molecule has 0 aromatic carbocycles. The van der Waals surface area contributed by atoms with Gasteiger partial charge in [0, 0.05) is 16.3 Å². The molecule has 2 rings (SSSR count). The van der Waals surface area contributed by atoms with Crippen LogP contribution in [0.25, 0.3) is 0 Å². The van der Waals surface area contributed by atoms with Crippen molar-refractivity contribution in [3.8, 4) is 5.75 Å². The Balaban J connectivity index is 2.46. The quantitative estimate of drug-likeness (QED) is 0.883. The Hall–Kier alpha value is -1.33. The summed E-state index contributed by atoms with van der Waals surface area (Å²) < 4.78 is 7.47. The molecule has 4 nitrogen and oxygen atoms in total. The van der Waals surface area contributed by atoms with Gasteiger partial charge in [0.05, 0.1) is 19.3 Å². The summed E-state index contributed by atoms with van der Waals surface area (Å²) in [5.41, 5.74) is 1.11. The monoisotopic (exact) mass is 279 g/mol. The van der Waals surface area contributed by atoms with E-state index in [1.54, 1.807) is 13.3 Å². The maximum absolute atomic E-state index is 5.46. The maximum Gasteiger partial charge on any atom is 0.161 e. The van der Waals surface area contributed by atoms with Crippen LogP contribution in [0.1, 0.15) is 35.3 Å². The fourth-order valence-corrected chi connectivity index (χ4v) is 3.18. The van der Waals surface area contributed by atoms with E-state index in [9.17, 15) is 0 Å². The predicted octanol–water partition coefficient (Wildman–Crippen LogP) is 2.98. The molecule has 0 aliphatic carbocycles. The lowest BCUT2D eigenvalue weighted by atomic mass is 10.1. The number of nitrogens with one attached hydrogen (secondary N) is 1. The third-order valence-corrected chi connectivity index (χ3v) is 4.16. The number of hydrogen-bond acceptors (Lipinski definition) is 4. The summed E-state index contributed by atoms with van der Waals surface area (Å²) in [7, 11) is 1.70. The smallest absolute Gasteiger partial charge is 0.161 e. The zero-order valence-corrected chi connectivity index (χ0v) is 12.8. The highest BCUT2D eigenvalue weighted by atomic mass is 32.1. The maximum atomic E-state index is 5.46. The molecule has 0 fully saturated rings. The van der Waals surface area contributed by atoms with Crippen molar-refractivity contribution in [2.24, 2.45) is 0 Å². The van der Waals surface area contributed by atoms with Gasteiger partial charge in [0.25, 0.3) is 0 Å². The van der Waals surface area contributed by atoms with Gasteiger partial charge >= 0.3 is 0 Å². The van der Waals surface area contributed by atoms with Crippen molar-refractivity contribution in [1.29, 1.82) is 0 Å². The fourth-order valence-electron chi connectivity index (χ4n) is 2.22. The van der Waals surface area contributed by atoms with Crippen molar-refractivity contribution in [3.05, 3.63) is 33.8 Å². The third kappa shape index (κ3) is 2.82. The first-order chi connectivity index (χ1) is 9.21. The molecule has 2 heterocycles. The molecule has 0 radical (unpaired) electrons. The number of methoxy groups -OCH3 is 1. The van der Waals surface area contributed by atoms with Crippen molar-refractivity contribution >= 4 is 11.3 Å². The van der Waals surface area contributed by atoms with Gasteiger partial charge < -0.3 is 10.1 Å². The molecule has 19 heavy (non-hydrogen) atoms. The Kier molecular flexibility index (Phi) is 4.61. The van der Waals surface area contributed by atoms with E-state index in [1.165, 1.54) is 9.75 Å². The van der Waals surface area contributed by atoms with Crippen molar-refractivity contribution < 1.29 is 4.74 Å². The molecule has 0 saturated carbocycles. The van der Waals surface area contributed by atoms with E-state index in [-0.39, 0.29) is 6.04 Å². The summed E-state index contributed by atoms with van der Waals surface area (Å²) in [4.78, 5) is 2.62. The van der Waals surface area contributed by atoms with Crippen LogP contribution in [0.5, 0.6) is 5.75 Å². The van der Waals surface area contributed by atoms with E-state index < -0.39 is 0 Å². The standard InChI is InChI=1S/C14H21N3OS/c1-5-15-13(12-8-7-10(3)19-12)14-11(18-4)9-16-17(14)6-2/h7-9,13,15H,5-6H2,1-4H3. The minimum atomic E-state index is 0.140. The molecule has 5 heteroatoms. The third-order valence-electron chi connectivity index (χ3n) is 3.09. The molecule has 0 aliphatic rings. The first kappa shape index (κ1) is 14.1. The summed E-state index contributed by atoms with van der Waals surface area (Å²) in [5, 5.41) is 7.93. The van der Waals surface area contributed by atoms with Gasteiger partial charge in [-0.3, -0.25) is 4.68 Å². The van der Waals surface area contributed by atoms with Crippen LogP contribution in [0.4, 0.5) is 0 Å². The van der Waals surface area contributed by atoms with Crippen molar-refractivity contribution in [2.75, 3.05) is 13.7 Å². The Morgan fingerprint density at radius 3 is 2.74 bits per heavy atom. The summed E-state index contributed by atoms with van der Waals surface area (Å²) in [6.07, 6.45) is 1.80. The van der Waals surface area contributed by atoms with Crippen LogP contribution in [-0.4, -0.2) is 23.4 Å². The summed E-state index contributed by atoms with van der Waals surface area (Å²) in [6.45, 7) is 8.08. The van der Waals surface area contributed by atoms with Crippen LogP contribution < -0.4 is 10.1 Å². The predicted molar refractivity (Wildman–Crippen MR) is 79.0 cm³/mol. The average molecular weight is 279 g/mol. The minimum Gasteiger partial charge on any atom is -0.493 e. The van der Waals surface area contributed by atoms with E-state index in [4.69, 9.17) is 4.74 Å². The van der Waals surface area contributed by atoms with E-state index >= 15 is 0 Å². The summed E-state index contributed by atoms with van der Waals surface area (Å²) in [6, 6.07) is 4.48. The summed E-state index contributed by atoms with van der Waals surface area (Å²) in [5.74, 6) is 0.846. The normalized spacial score (nSPS) is 12.6. The van der Waals surface area contributed by atoms with Gasteiger partial charge in [-0.05, 0) is 32.5 Å². The van der Waals surface area contributed by atoms with Crippen LogP contribution in [-0.2, 0) is 6.54 Å². The molecule has 1 N–H and O–H groups in total.